The zero-order valence-corrected chi connectivity index (χ0v) is 5.55. The Kier molecular flexibility index (Phi) is 5.94. The van der Waals surface area contributed by atoms with Gasteiger partial charge in [0.2, 0.25) is 0 Å². The number of hydrogen-bond donors (Lipinski definition) is 0. The van der Waals surface area contributed by atoms with E-state index in [1.165, 1.54) is 0 Å². The van der Waals surface area contributed by atoms with Gasteiger partial charge >= 0.3 is 15.6 Å². The molecule has 0 rings (SSSR count). The lowest BCUT2D eigenvalue weighted by Crippen LogP contribution is -1.92. The van der Waals surface area contributed by atoms with Crippen molar-refractivity contribution >= 4 is 15.6 Å². The van der Waals surface area contributed by atoms with E-state index in [0.29, 0.717) is 0 Å². The van der Waals surface area contributed by atoms with Gasteiger partial charge in [0.1, 0.15) is 0 Å². The molecule has 0 spiro atoms. The average molecular weight is 101 g/mol. The van der Waals surface area contributed by atoms with Crippen LogP contribution in [0.5, 0.6) is 0 Å². The topological polar surface area (TPSA) is 9.23 Å². The first-order chi connectivity index (χ1) is 2.91. The van der Waals surface area contributed by atoms with Crippen LogP contribution in [0, 0.1) is 0 Å². The van der Waals surface area contributed by atoms with Crippen molar-refractivity contribution in [1.29, 1.82) is 0 Å². The fourth-order valence-electron chi connectivity index (χ4n) is 0.236. The smallest absolute Gasteiger partial charge is 0.419 e. The molecule has 0 aliphatic carbocycles. The molecular weight excluding hydrogens is 91.0 g/mol. The van der Waals surface area contributed by atoms with E-state index in [4.69, 9.17) is 3.79 Å². The molecule has 0 bridgehead atoms. The average Bonchev–Trinajstić information content (AvgIpc) is 1.61. The summed E-state index contributed by atoms with van der Waals surface area (Å²) in [5.41, 5.74) is 0. The Morgan fingerprint density at radius 1 is 1.67 bits per heavy atom. The highest BCUT2D eigenvalue weighted by Gasteiger charge is 1.77. The van der Waals surface area contributed by atoms with Crippen molar-refractivity contribution in [2.45, 2.75) is 19.1 Å². The molecule has 0 saturated carbocycles. The highest BCUT2D eigenvalue weighted by molar-refractivity contribution is 6.24. The van der Waals surface area contributed by atoms with Gasteiger partial charge in [-0.3, -0.25) is 0 Å². The predicted molar refractivity (Wildman–Crippen MR) is 27.9 cm³/mol. The van der Waals surface area contributed by atoms with Crippen molar-refractivity contribution in [2.24, 2.45) is 0 Å². The maximum Gasteiger partial charge on any atom is 0.419 e. The largest absolute Gasteiger partial charge is 0.507 e. The molecule has 0 N–H and O–H groups in total. The molecule has 0 aromatic rings. The predicted octanol–water partition coefficient (Wildman–Crippen LogP) is 1.08. The Balaban J connectivity index is 2.34. The van der Waals surface area contributed by atoms with Crippen LogP contribution in [0.3, 0.4) is 0 Å². The molecule has 0 aliphatic heterocycles. The van der Waals surface area contributed by atoms with E-state index in [-0.39, 0.29) is 15.6 Å². The van der Waals surface area contributed by atoms with E-state index in [1.54, 1.807) is 0 Å². The summed E-state index contributed by atoms with van der Waals surface area (Å²) in [5, 5.41) is 0. The summed E-state index contributed by atoms with van der Waals surface area (Å²) in [6.07, 6.45) is 1.15. The van der Waals surface area contributed by atoms with Gasteiger partial charge in [0.15, 0.2) is 0 Å². The first-order valence-corrected chi connectivity index (χ1v) is 3.93. The molecule has 0 aliphatic rings. The molecule has 0 fully saturated rings. The van der Waals surface area contributed by atoms with Crippen LogP contribution < -0.4 is 0 Å². The van der Waals surface area contributed by atoms with Gasteiger partial charge < -0.3 is 3.79 Å². The third-order valence-electron chi connectivity index (χ3n) is 0.489. The van der Waals surface area contributed by atoms with E-state index in [2.05, 4.69) is 12.7 Å². The Morgan fingerprint density at radius 2 is 2.33 bits per heavy atom. The molecule has 0 saturated heterocycles. The molecule has 0 amide bonds. The van der Waals surface area contributed by atoms with Gasteiger partial charge in [0, 0.05) is 6.61 Å². The summed E-state index contributed by atoms with van der Waals surface area (Å²) in [5.74, 6) is 2.09. The van der Waals surface area contributed by atoms with Crippen molar-refractivity contribution in [3.63, 3.8) is 0 Å². The molecule has 0 unspecified atom stereocenters. The van der Waals surface area contributed by atoms with E-state index in [1.807, 2.05) is 0 Å². The Morgan fingerprint density at radius 3 is 2.50 bits per heavy atom. The molecular formula is C4H10AlO. The SMILES string of the molecule is CCC[O][Al][CH3]. The molecule has 0 aromatic heterocycles. The number of hydrogen-bond acceptors (Lipinski definition) is 1. The van der Waals surface area contributed by atoms with Gasteiger partial charge in [0.05, 0.1) is 0 Å². The van der Waals surface area contributed by atoms with Gasteiger partial charge in [-0.1, -0.05) is 12.7 Å². The van der Waals surface area contributed by atoms with Crippen molar-refractivity contribution in [1.82, 2.24) is 0 Å². The van der Waals surface area contributed by atoms with Crippen LogP contribution in [0.1, 0.15) is 13.3 Å². The summed E-state index contributed by atoms with van der Waals surface area (Å²) < 4.78 is 5.07. The molecule has 6 heavy (non-hydrogen) atoms. The first kappa shape index (κ1) is 6.49. The molecule has 0 heterocycles. The standard InChI is InChI=1S/C3H7O.CH3.Al/c1-2-3-4;;/h2-3H2,1H3;1H3;/q-1;;+1. The second-order valence-corrected chi connectivity index (χ2v) is 1.91. The van der Waals surface area contributed by atoms with E-state index in [0.717, 1.165) is 13.0 Å². The van der Waals surface area contributed by atoms with Crippen LogP contribution in [0.4, 0.5) is 0 Å². The van der Waals surface area contributed by atoms with Crippen molar-refractivity contribution in [3.8, 4) is 0 Å². The third kappa shape index (κ3) is 4.49. The number of rotatable bonds is 3. The summed E-state index contributed by atoms with van der Waals surface area (Å²) in [6, 6.07) is 0. The normalized spacial score (nSPS) is 8.33. The van der Waals surface area contributed by atoms with E-state index >= 15 is 0 Å². The Bertz CT molecular complexity index is 19.5. The maximum absolute atomic E-state index is 5.07. The molecule has 0 aromatic carbocycles. The first-order valence-electron chi connectivity index (χ1n) is 2.31. The van der Waals surface area contributed by atoms with Crippen LogP contribution >= 0.6 is 0 Å². The molecule has 1 nitrogen and oxygen atoms in total. The summed E-state index contributed by atoms with van der Waals surface area (Å²) in [6.45, 7) is 3.07. The summed E-state index contributed by atoms with van der Waals surface area (Å²) in [7, 11) is 0. The van der Waals surface area contributed by atoms with Crippen LogP contribution in [0.25, 0.3) is 0 Å². The monoisotopic (exact) mass is 101 g/mol. The maximum atomic E-state index is 5.07. The molecule has 35 valence electrons. The molecule has 2 heteroatoms. The van der Waals surface area contributed by atoms with Gasteiger partial charge in [0.25, 0.3) is 0 Å². The lowest BCUT2D eigenvalue weighted by molar-refractivity contribution is 0.338. The summed E-state index contributed by atoms with van der Waals surface area (Å²) in [4.78, 5) is 0. The lowest BCUT2D eigenvalue weighted by Gasteiger charge is -1.91. The second-order valence-electron chi connectivity index (χ2n) is 1.11. The Hall–Kier alpha value is 0.492. The van der Waals surface area contributed by atoms with Gasteiger partial charge in [-0.25, -0.2) is 0 Å². The minimum Gasteiger partial charge on any atom is -0.507 e. The lowest BCUT2D eigenvalue weighted by atomic mass is 10.5. The van der Waals surface area contributed by atoms with Crippen LogP contribution in [-0.4, -0.2) is 22.2 Å². The molecule has 1 radical (unpaired) electrons. The van der Waals surface area contributed by atoms with Crippen LogP contribution in [0.2, 0.25) is 5.79 Å². The van der Waals surface area contributed by atoms with Crippen molar-refractivity contribution < 1.29 is 3.79 Å². The zero-order chi connectivity index (χ0) is 4.83. The van der Waals surface area contributed by atoms with Crippen molar-refractivity contribution in [3.05, 3.63) is 0 Å². The van der Waals surface area contributed by atoms with Crippen LogP contribution in [0.15, 0.2) is 0 Å². The highest BCUT2D eigenvalue weighted by atomic mass is 27.1. The zero-order valence-electron chi connectivity index (χ0n) is 4.40. The van der Waals surface area contributed by atoms with E-state index in [9.17, 15) is 0 Å². The summed E-state index contributed by atoms with van der Waals surface area (Å²) >= 11 is 0.284. The highest BCUT2D eigenvalue weighted by Crippen LogP contribution is 1.74. The van der Waals surface area contributed by atoms with Gasteiger partial charge in [-0.15, -0.1) is 0 Å². The fraction of sp³-hybridized carbons (Fsp3) is 1.00. The minimum absolute atomic E-state index is 0.284. The van der Waals surface area contributed by atoms with E-state index < -0.39 is 0 Å². The molecule has 0 atom stereocenters. The quantitative estimate of drug-likeness (QED) is 0.382. The van der Waals surface area contributed by atoms with Gasteiger partial charge in [-0.2, -0.15) is 0 Å². The van der Waals surface area contributed by atoms with Crippen molar-refractivity contribution in [2.75, 3.05) is 6.61 Å². The van der Waals surface area contributed by atoms with Crippen LogP contribution in [-0.2, 0) is 3.79 Å². The minimum atomic E-state index is 0.284. The Labute approximate surface area is 45.7 Å². The third-order valence-corrected chi connectivity index (χ3v) is 1.06. The second kappa shape index (κ2) is 5.49. The van der Waals surface area contributed by atoms with Gasteiger partial charge in [-0.05, 0) is 6.42 Å². The fourth-order valence-corrected chi connectivity index (χ4v) is 0.707.